The Balaban J connectivity index is 1.86. The van der Waals surface area contributed by atoms with E-state index in [9.17, 15) is 0 Å². The maximum atomic E-state index is 5.44. The van der Waals surface area contributed by atoms with Crippen molar-refractivity contribution in [3.63, 3.8) is 0 Å². The first-order chi connectivity index (χ1) is 10.9. The number of hydrogen-bond acceptors (Lipinski definition) is 7. The van der Waals surface area contributed by atoms with Crippen LogP contribution in [0.3, 0.4) is 0 Å². The average Bonchev–Trinajstić information content (AvgIpc) is 3.23. The Morgan fingerprint density at radius 1 is 1.05 bits per heavy atom. The summed E-state index contributed by atoms with van der Waals surface area (Å²) >= 11 is 0. The molecule has 1 aliphatic rings. The molecule has 0 radical (unpaired) electrons. The molecule has 1 aliphatic heterocycles. The van der Waals surface area contributed by atoms with Gasteiger partial charge < -0.3 is 18.7 Å². The predicted molar refractivity (Wildman–Crippen MR) is 75.6 cm³/mol. The van der Waals surface area contributed by atoms with Crippen LogP contribution in [-0.4, -0.2) is 29.0 Å². The SMILES string of the molecule is COc1cc(-c2oncc2-c2cncnc2)cc2c1OCO2. The first-order valence-corrected chi connectivity index (χ1v) is 6.55. The number of methoxy groups -OCH3 is 1. The van der Waals surface area contributed by atoms with Crippen LogP contribution in [0.15, 0.2) is 41.6 Å². The molecule has 0 spiro atoms. The Kier molecular flexibility index (Phi) is 2.89. The standard InChI is InChI=1S/C15H11N3O4/c1-19-12-2-9(3-13-15(12)21-8-20-13)14-11(6-18-22-14)10-4-16-7-17-5-10/h2-7H,8H2,1H3. The summed E-state index contributed by atoms with van der Waals surface area (Å²) < 4.78 is 21.6. The van der Waals surface area contributed by atoms with Crippen LogP contribution in [0.1, 0.15) is 0 Å². The van der Waals surface area contributed by atoms with Crippen molar-refractivity contribution in [2.75, 3.05) is 13.9 Å². The van der Waals surface area contributed by atoms with Gasteiger partial charge in [-0.2, -0.15) is 0 Å². The summed E-state index contributed by atoms with van der Waals surface area (Å²) in [6, 6.07) is 3.65. The van der Waals surface area contributed by atoms with Crippen molar-refractivity contribution < 1.29 is 18.7 Å². The Hall–Kier alpha value is -3.09. The van der Waals surface area contributed by atoms with E-state index in [1.54, 1.807) is 25.7 Å². The van der Waals surface area contributed by atoms with E-state index < -0.39 is 0 Å². The highest BCUT2D eigenvalue weighted by atomic mass is 16.7. The maximum Gasteiger partial charge on any atom is 0.231 e. The average molecular weight is 297 g/mol. The lowest BCUT2D eigenvalue weighted by Crippen LogP contribution is -1.93. The van der Waals surface area contributed by atoms with Gasteiger partial charge >= 0.3 is 0 Å². The molecule has 7 nitrogen and oxygen atoms in total. The molecule has 0 N–H and O–H groups in total. The molecule has 0 saturated carbocycles. The number of nitrogens with zero attached hydrogens (tertiary/aromatic N) is 3. The predicted octanol–water partition coefficient (Wildman–Crippen LogP) is 2.54. The van der Waals surface area contributed by atoms with Crippen molar-refractivity contribution in [2.45, 2.75) is 0 Å². The Morgan fingerprint density at radius 2 is 1.91 bits per heavy atom. The summed E-state index contributed by atoms with van der Waals surface area (Å²) in [7, 11) is 1.58. The number of ether oxygens (including phenoxy) is 3. The zero-order valence-electron chi connectivity index (χ0n) is 11.6. The fourth-order valence-corrected chi connectivity index (χ4v) is 2.35. The quantitative estimate of drug-likeness (QED) is 0.734. The normalized spacial score (nSPS) is 12.4. The lowest BCUT2D eigenvalue weighted by Gasteiger charge is -2.07. The smallest absolute Gasteiger partial charge is 0.231 e. The number of rotatable bonds is 3. The molecule has 1 aromatic carbocycles. The van der Waals surface area contributed by atoms with Crippen LogP contribution >= 0.6 is 0 Å². The monoisotopic (exact) mass is 297 g/mol. The van der Waals surface area contributed by atoms with E-state index in [1.807, 2.05) is 12.1 Å². The number of fused-ring (bicyclic) bond motifs is 1. The van der Waals surface area contributed by atoms with Gasteiger partial charge in [0.25, 0.3) is 0 Å². The van der Waals surface area contributed by atoms with Crippen LogP contribution in [0, 0.1) is 0 Å². The van der Waals surface area contributed by atoms with Crippen LogP contribution < -0.4 is 14.2 Å². The van der Waals surface area contributed by atoms with Crippen LogP contribution in [0.4, 0.5) is 0 Å². The molecule has 3 heterocycles. The van der Waals surface area contributed by atoms with E-state index >= 15 is 0 Å². The van der Waals surface area contributed by atoms with Gasteiger partial charge in [0, 0.05) is 23.5 Å². The third kappa shape index (κ3) is 1.95. The minimum atomic E-state index is 0.172. The number of hydrogen-bond donors (Lipinski definition) is 0. The molecule has 0 atom stereocenters. The van der Waals surface area contributed by atoms with E-state index in [-0.39, 0.29) is 6.79 Å². The second-order valence-electron chi connectivity index (χ2n) is 4.61. The summed E-state index contributed by atoms with van der Waals surface area (Å²) in [5, 5.41) is 3.88. The Labute approximate surface area is 125 Å². The molecule has 3 aromatic rings. The maximum absolute atomic E-state index is 5.44. The third-order valence-electron chi connectivity index (χ3n) is 3.36. The minimum Gasteiger partial charge on any atom is -0.493 e. The van der Waals surface area contributed by atoms with Gasteiger partial charge in [-0.3, -0.25) is 0 Å². The highest BCUT2D eigenvalue weighted by Gasteiger charge is 2.23. The second-order valence-corrected chi connectivity index (χ2v) is 4.61. The van der Waals surface area contributed by atoms with Gasteiger partial charge in [0.1, 0.15) is 6.33 Å². The van der Waals surface area contributed by atoms with Crippen molar-refractivity contribution >= 4 is 0 Å². The lowest BCUT2D eigenvalue weighted by molar-refractivity contribution is 0.171. The van der Waals surface area contributed by atoms with Crippen LogP contribution in [-0.2, 0) is 0 Å². The van der Waals surface area contributed by atoms with Gasteiger partial charge in [0.05, 0.1) is 18.9 Å². The zero-order chi connectivity index (χ0) is 14.9. The number of aromatic nitrogens is 3. The first-order valence-electron chi connectivity index (χ1n) is 6.55. The number of benzene rings is 1. The minimum absolute atomic E-state index is 0.172. The summed E-state index contributed by atoms with van der Waals surface area (Å²) in [6.07, 6.45) is 6.51. The van der Waals surface area contributed by atoms with Crippen molar-refractivity contribution in [3.8, 4) is 39.7 Å². The largest absolute Gasteiger partial charge is 0.493 e. The summed E-state index contributed by atoms with van der Waals surface area (Å²) in [6.45, 7) is 0.172. The fraction of sp³-hybridized carbons (Fsp3) is 0.133. The molecule has 0 amide bonds. The van der Waals surface area contributed by atoms with E-state index in [1.165, 1.54) is 6.33 Å². The van der Waals surface area contributed by atoms with Gasteiger partial charge in [-0.15, -0.1) is 0 Å². The molecule has 4 rings (SSSR count). The van der Waals surface area contributed by atoms with E-state index in [0.29, 0.717) is 23.0 Å². The first kappa shape index (κ1) is 12.6. The van der Waals surface area contributed by atoms with Crippen LogP contribution in [0.2, 0.25) is 0 Å². The zero-order valence-corrected chi connectivity index (χ0v) is 11.6. The molecular formula is C15H11N3O4. The molecule has 22 heavy (non-hydrogen) atoms. The Morgan fingerprint density at radius 3 is 2.73 bits per heavy atom. The van der Waals surface area contributed by atoms with E-state index in [0.717, 1.165) is 16.7 Å². The summed E-state index contributed by atoms with van der Waals surface area (Å²) in [5.41, 5.74) is 2.38. The van der Waals surface area contributed by atoms with Gasteiger partial charge in [-0.1, -0.05) is 5.16 Å². The molecule has 7 heteroatoms. The molecular weight excluding hydrogens is 286 g/mol. The molecule has 0 aliphatic carbocycles. The van der Waals surface area contributed by atoms with E-state index in [4.69, 9.17) is 18.7 Å². The van der Waals surface area contributed by atoms with Crippen molar-refractivity contribution in [2.24, 2.45) is 0 Å². The van der Waals surface area contributed by atoms with Gasteiger partial charge in [-0.05, 0) is 12.1 Å². The lowest BCUT2D eigenvalue weighted by atomic mass is 10.0. The molecule has 0 unspecified atom stereocenters. The van der Waals surface area contributed by atoms with E-state index in [2.05, 4.69) is 15.1 Å². The summed E-state index contributed by atoms with van der Waals surface area (Å²) in [5.74, 6) is 2.37. The van der Waals surface area contributed by atoms with Gasteiger partial charge in [0.2, 0.25) is 12.5 Å². The topological polar surface area (TPSA) is 79.5 Å². The molecule has 0 bridgehead atoms. The van der Waals surface area contributed by atoms with Gasteiger partial charge in [-0.25, -0.2) is 9.97 Å². The van der Waals surface area contributed by atoms with Crippen LogP contribution in [0.5, 0.6) is 17.2 Å². The van der Waals surface area contributed by atoms with Crippen molar-refractivity contribution in [3.05, 3.63) is 37.1 Å². The fourth-order valence-electron chi connectivity index (χ4n) is 2.35. The highest BCUT2D eigenvalue weighted by molar-refractivity contribution is 5.80. The Bertz CT molecular complexity index is 817. The summed E-state index contributed by atoms with van der Waals surface area (Å²) in [4.78, 5) is 8.03. The van der Waals surface area contributed by atoms with Crippen molar-refractivity contribution in [1.82, 2.24) is 15.1 Å². The second kappa shape index (κ2) is 5.03. The highest BCUT2D eigenvalue weighted by Crippen LogP contribution is 2.45. The molecule has 2 aromatic heterocycles. The van der Waals surface area contributed by atoms with Crippen LogP contribution in [0.25, 0.3) is 22.5 Å². The molecule has 110 valence electrons. The third-order valence-corrected chi connectivity index (χ3v) is 3.36. The molecule has 0 saturated heterocycles. The molecule has 0 fully saturated rings. The van der Waals surface area contributed by atoms with Crippen molar-refractivity contribution in [1.29, 1.82) is 0 Å². The van der Waals surface area contributed by atoms with Gasteiger partial charge in [0.15, 0.2) is 17.3 Å².